The SMILES string of the molecule is Cc1c(-c2cc3cc(Nc4cc5n(n4)Cc4nccn4CC5)ncc3c(N)c2F)cnc2c1NCCC2C#N. The predicted octanol–water partition coefficient (Wildman–Crippen LogP) is 4.49. The molecule has 2 aliphatic heterocycles. The first-order chi connectivity index (χ1) is 19.0. The number of pyridine rings is 2. The summed E-state index contributed by atoms with van der Waals surface area (Å²) in [6.45, 7) is 4.04. The van der Waals surface area contributed by atoms with Gasteiger partial charge >= 0.3 is 0 Å². The Labute approximate surface area is 223 Å². The van der Waals surface area contributed by atoms with E-state index >= 15 is 4.39 Å². The van der Waals surface area contributed by atoms with E-state index in [-0.39, 0.29) is 11.6 Å². The number of benzene rings is 1. The second kappa shape index (κ2) is 8.80. The molecule has 2 aliphatic rings. The van der Waals surface area contributed by atoms with Crippen LogP contribution in [0, 0.1) is 24.1 Å². The molecule has 1 unspecified atom stereocenters. The normalized spacial score (nSPS) is 16.0. The zero-order valence-corrected chi connectivity index (χ0v) is 21.2. The lowest BCUT2D eigenvalue weighted by atomic mass is 9.91. The van der Waals surface area contributed by atoms with E-state index in [1.165, 1.54) is 0 Å². The highest BCUT2D eigenvalue weighted by molar-refractivity contribution is 5.98. The van der Waals surface area contributed by atoms with E-state index in [2.05, 4.69) is 36.2 Å². The Kier molecular flexibility index (Phi) is 5.23. The van der Waals surface area contributed by atoms with Gasteiger partial charge in [-0.3, -0.25) is 9.67 Å². The zero-order chi connectivity index (χ0) is 26.7. The molecule has 0 saturated carbocycles. The number of aryl methyl sites for hydroxylation is 2. The van der Waals surface area contributed by atoms with Crippen LogP contribution in [-0.2, 0) is 19.5 Å². The number of nitriles is 1. The van der Waals surface area contributed by atoms with Crippen molar-refractivity contribution in [2.45, 2.75) is 38.8 Å². The van der Waals surface area contributed by atoms with Crippen LogP contribution >= 0.6 is 0 Å². The van der Waals surface area contributed by atoms with Crippen LogP contribution in [0.25, 0.3) is 21.9 Å². The number of nitrogens with zero attached hydrogens (tertiary/aromatic N) is 7. The maximum absolute atomic E-state index is 15.6. The highest BCUT2D eigenvalue weighted by Gasteiger charge is 2.25. The molecule has 1 atom stereocenters. The molecule has 194 valence electrons. The molecule has 5 aromatic rings. The minimum absolute atomic E-state index is 0.0331. The first-order valence-corrected chi connectivity index (χ1v) is 12.8. The smallest absolute Gasteiger partial charge is 0.154 e. The zero-order valence-electron chi connectivity index (χ0n) is 21.2. The van der Waals surface area contributed by atoms with Crippen LogP contribution in [0.5, 0.6) is 0 Å². The van der Waals surface area contributed by atoms with Gasteiger partial charge in [0, 0.05) is 72.6 Å². The molecule has 0 amide bonds. The fraction of sp³-hybridized carbons (Fsp3) is 0.250. The summed E-state index contributed by atoms with van der Waals surface area (Å²) in [5.41, 5.74) is 10.7. The summed E-state index contributed by atoms with van der Waals surface area (Å²) in [6.07, 6.45) is 8.56. The van der Waals surface area contributed by atoms with Crippen LogP contribution in [0.15, 0.2) is 43.0 Å². The Morgan fingerprint density at radius 2 is 2.05 bits per heavy atom. The van der Waals surface area contributed by atoms with Crippen molar-refractivity contribution in [3.05, 3.63) is 71.6 Å². The topological polar surface area (TPSA) is 135 Å². The van der Waals surface area contributed by atoms with Gasteiger partial charge < -0.3 is 20.9 Å². The Hall–Kier alpha value is -4.98. The van der Waals surface area contributed by atoms with Crippen LogP contribution in [0.1, 0.15) is 35.1 Å². The van der Waals surface area contributed by atoms with Crippen molar-refractivity contribution in [2.75, 3.05) is 22.9 Å². The third-order valence-corrected chi connectivity index (χ3v) is 7.70. The van der Waals surface area contributed by atoms with E-state index in [9.17, 15) is 5.26 Å². The quantitative estimate of drug-likeness (QED) is 0.296. The summed E-state index contributed by atoms with van der Waals surface area (Å²) in [4.78, 5) is 13.5. The number of fused-ring (bicyclic) bond motifs is 4. The van der Waals surface area contributed by atoms with Crippen LogP contribution in [0.3, 0.4) is 0 Å². The Balaban J connectivity index is 1.25. The molecule has 0 fully saturated rings. The molecule has 1 aromatic carbocycles. The van der Waals surface area contributed by atoms with E-state index in [0.717, 1.165) is 41.1 Å². The Bertz CT molecular complexity index is 1810. The second-order valence-corrected chi connectivity index (χ2v) is 9.99. The molecule has 4 aromatic heterocycles. The van der Waals surface area contributed by atoms with Gasteiger partial charge in [0.05, 0.1) is 35.6 Å². The molecule has 0 aliphatic carbocycles. The molecule has 4 N–H and O–H groups in total. The lowest BCUT2D eigenvalue weighted by Crippen LogP contribution is -2.18. The average molecular weight is 521 g/mol. The van der Waals surface area contributed by atoms with E-state index in [1.54, 1.807) is 18.5 Å². The van der Waals surface area contributed by atoms with Gasteiger partial charge in [0.25, 0.3) is 0 Å². The number of halogens is 1. The number of hydrogen-bond acceptors (Lipinski definition) is 8. The highest BCUT2D eigenvalue weighted by atomic mass is 19.1. The molecular weight excluding hydrogens is 495 g/mol. The van der Waals surface area contributed by atoms with E-state index < -0.39 is 5.82 Å². The van der Waals surface area contributed by atoms with Gasteiger partial charge in [0.2, 0.25) is 0 Å². The number of rotatable bonds is 3. The third kappa shape index (κ3) is 3.75. The minimum atomic E-state index is -0.515. The van der Waals surface area contributed by atoms with E-state index in [4.69, 9.17) is 10.8 Å². The van der Waals surface area contributed by atoms with Crippen molar-refractivity contribution in [1.29, 1.82) is 5.26 Å². The number of nitrogens with one attached hydrogen (secondary N) is 2. The molecule has 0 radical (unpaired) electrons. The highest BCUT2D eigenvalue weighted by Crippen LogP contribution is 2.40. The molecule has 10 nitrogen and oxygen atoms in total. The molecule has 0 saturated heterocycles. The van der Waals surface area contributed by atoms with Crippen LogP contribution < -0.4 is 16.4 Å². The van der Waals surface area contributed by atoms with Gasteiger partial charge in [-0.2, -0.15) is 10.4 Å². The minimum Gasteiger partial charge on any atom is -0.396 e. The number of aromatic nitrogens is 6. The Morgan fingerprint density at radius 3 is 2.92 bits per heavy atom. The molecule has 0 bridgehead atoms. The lowest BCUT2D eigenvalue weighted by molar-refractivity contribution is 0.637. The van der Waals surface area contributed by atoms with Crippen molar-refractivity contribution in [2.24, 2.45) is 0 Å². The number of nitrogens with two attached hydrogens (primary N) is 1. The van der Waals surface area contributed by atoms with Crippen molar-refractivity contribution in [3.8, 4) is 17.2 Å². The second-order valence-electron chi connectivity index (χ2n) is 9.99. The van der Waals surface area contributed by atoms with Crippen molar-refractivity contribution in [1.82, 2.24) is 29.3 Å². The van der Waals surface area contributed by atoms with Gasteiger partial charge in [-0.05, 0) is 36.4 Å². The third-order valence-electron chi connectivity index (χ3n) is 7.70. The first-order valence-electron chi connectivity index (χ1n) is 12.8. The Morgan fingerprint density at radius 1 is 1.15 bits per heavy atom. The summed E-state index contributed by atoms with van der Waals surface area (Å²) in [7, 11) is 0. The largest absolute Gasteiger partial charge is 0.396 e. The number of imidazole rings is 1. The number of nitrogen functional groups attached to an aromatic ring is 1. The van der Waals surface area contributed by atoms with Crippen LogP contribution in [0.4, 0.5) is 27.4 Å². The van der Waals surface area contributed by atoms with Gasteiger partial charge in [0.1, 0.15) is 11.6 Å². The van der Waals surface area contributed by atoms with Crippen LogP contribution in [0.2, 0.25) is 0 Å². The summed E-state index contributed by atoms with van der Waals surface area (Å²) in [5.74, 6) is 1.44. The fourth-order valence-electron chi connectivity index (χ4n) is 5.60. The summed E-state index contributed by atoms with van der Waals surface area (Å²) < 4.78 is 19.7. The lowest BCUT2D eigenvalue weighted by Gasteiger charge is -2.24. The summed E-state index contributed by atoms with van der Waals surface area (Å²) in [6, 6.07) is 7.96. The molecule has 6 heterocycles. The van der Waals surface area contributed by atoms with Gasteiger partial charge in [-0.15, -0.1) is 0 Å². The summed E-state index contributed by atoms with van der Waals surface area (Å²) in [5, 5.41) is 22.1. The van der Waals surface area contributed by atoms with Gasteiger partial charge in [-0.25, -0.2) is 14.4 Å². The van der Waals surface area contributed by atoms with E-state index in [0.29, 0.717) is 53.4 Å². The maximum Gasteiger partial charge on any atom is 0.154 e. The van der Waals surface area contributed by atoms with Crippen molar-refractivity contribution in [3.63, 3.8) is 0 Å². The average Bonchev–Trinajstić information content (AvgIpc) is 3.52. The molecule has 0 spiro atoms. The van der Waals surface area contributed by atoms with E-state index in [1.807, 2.05) is 36.1 Å². The molecule has 39 heavy (non-hydrogen) atoms. The maximum atomic E-state index is 15.6. The number of anilines is 4. The molecular formula is C28H25FN10. The summed E-state index contributed by atoms with van der Waals surface area (Å²) >= 11 is 0. The standard InChI is InChI=1S/C28H25FN10/c1-15-20(12-35-28-16(11-30)2-4-33-27(15)28)19-8-17-9-22(34-13-21(17)26(31)25(19)29)36-23-10-18-3-6-38-7-5-32-24(38)14-39(18)37-23/h5,7-10,12-13,16,33H,2-4,6,14,31H2,1H3,(H,34,36,37). The number of hydrogen-bond donors (Lipinski definition) is 3. The molecule has 11 heteroatoms. The van der Waals surface area contributed by atoms with Crippen LogP contribution in [-0.4, -0.2) is 35.8 Å². The monoisotopic (exact) mass is 520 g/mol. The molecule has 7 rings (SSSR count). The van der Waals surface area contributed by atoms with Crippen molar-refractivity contribution >= 4 is 33.8 Å². The van der Waals surface area contributed by atoms with Gasteiger partial charge in [-0.1, -0.05) is 0 Å². The predicted molar refractivity (Wildman–Crippen MR) is 146 cm³/mol. The fourth-order valence-corrected chi connectivity index (χ4v) is 5.60. The first kappa shape index (κ1) is 23.2. The van der Waals surface area contributed by atoms with Crippen molar-refractivity contribution < 1.29 is 4.39 Å². The van der Waals surface area contributed by atoms with Gasteiger partial charge in [0.15, 0.2) is 11.6 Å².